The Labute approximate surface area is 114 Å². The van der Waals surface area contributed by atoms with Crippen LogP contribution >= 0.6 is 15.9 Å². The summed E-state index contributed by atoms with van der Waals surface area (Å²) in [5.74, 6) is 1.70. The van der Waals surface area contributed by atoms with Crippen molar-refractivity contribution in [1.82, 2.24) is 5.32 Å². The first-order valence-electron chi connectivity index (χ1n) is 6.01. The molecule has 0 saturated carbocycles. The number of nitrogens with one attached hydrogen (secondary N) is 1. The zero-order chi connectivity index (χ0) is 12.3. The molecule has 0 bridgehead atoms. The topological polar surface area (TPSA) is 29.1 Å². The highest BCUT2D eigenvalue weighted by Crippen LogP contribution is 2.20. The van der Waals surface area contributed by atoms with Crippen LogP contribution in [0.15, 0.2) is 28.7 Å². The van der Waals surface area contributed by atoms with E-state index in [1.807, 2.05) is 6.07 Å². The molecule has 2 rings (SSSR count). The summed E-state index contributed by atoms with van der Waals surface area (Å²) in [7, 11) is -0.571. The quantitative estimate of drug-likeness (QED) is 0.929. The zero-order valence-corrected chi connectivity index (χ0v) is 12.4. The Bertz CT molecular complexity index is 400. The third-order valence-corrected chi connectivity index (χ3v) is 5.10. The van der Waals surface area contributed by atoms with Crippen LogP contribution in [0.2, 0.25) is 0 Å². The lowest BCUT2D eigenvalue weighted by Crippen LogP contribution is -2.37. The zero-order valence-electron chi connectivity index (χ0n) is 9.99. The van der Waals surface area contributed by atoms with Crippen molar-refractivity contribution < 1.29 is 4.21 Å². The summed E-state index contributed by atoms with van der Waals surface area (Å²) in [4.78, 5) is 0. The highest BCUT2D eigenvalue weighted by Gasteiger charge is 2.19. The molecule has 1 aliphatic rings. The summed E-state index contributed by atoms with van der Waals surface area (Å²) in [6, 6.07) is 9.26. The molecule has 0 spiro atoms. The SMILES string of the molecule is CC(NC1CCS(=O)CC1)c1cccc(Br)c1. The summed E-state index contributed by atoms with van der Waals surface area (Å²) in [5, 5.41) is 3.63. The molecule has 0 radical (unpaired) electrons. The number of benzene rings is 1. The average Bonchev–Trinajstić information content (AvgIpc) is 2.32. The minimum absolute atomic E-state index is 0.351. The van der Waals surface area contributed by atoms with E-state index >= 15 is 0 Å². The van der Waals surface area contributed by atoms with Gasteiger partial charge in [0.05, 0.1) is 0 Å². The van der Waals surface area contributed by atoms with Crippen LogP contribution in [0.4, 0.5) is 0 Å². The van der Waals surface area contributed by atoms with Crippen LogP contribution in [0.25, 0.3) is 0 Å². The Balaban J connectivity index is 1.92. The third-order valence-electron chi connectivity index (χ3n) is 3.22. The van der Waals surface area contributed by atoms with E-state index in [-0.39, 0.29) is 0 Å². The van der Waals surface area contributed by atoms with Crippen molar-refractivity contribution in [3.63, 3.8) is 0 Å². The Kier molecular flexibility index (Phi) is 4.77. The lowest BCUT2D eigenvalue weighted by atomic mass is 10.1. The van der Waals surface area contributed by atoms with E-state index in [4.69, 9.17) is 0 Å². The van der Waals surface area contributed by atoms with E-state index in [0.717, 1.165) is 28.8 Å². The van der Waals surface area contributed by atoms with Crippen LogP contribution in [0.3, 0.4) is 0 Å². The molecule has 1 aromatic carbocycles. The van der Waals surface area contributed by atoms with Gasteiger partial charge in [0, 0.05) is 38.9 Å². The monoisotopic (exact) mass is 315 g/mol. The van der Waals surface area contributed by atoms with Crippen molar-refractivity contribution in [3.05, 3.63) is 34.3 Å². The van der Waals surface area contributed by atoms with Crippen molar-refractivity contribution >= 4 is 26.7 Å². The summed E-state index contributed by atoms with van der Waals surface area (Å²) in [6.07, 6.45) is 2.07. The van der Waals surface area contributed by atoms with Crippen LogP contribution < -0.4 is 5.32 Å². The normalized spacial score (nSPS) is 26.7. The highest BCUT2D eigenvalue weighted by molar-refractivity contribution is 9.10. The minimum Gasteiger partial charge on any atom is -0.307 e. The van der Waals surface area contributed by atoms with Gasteiger partial charge in [0.25, 0.3) is 0 Å². The van der Waals surface area contributed by atoms with Gasteiger partial charge >= 0.3 is 0 Å². The molecule has 1 saturated heterocycles. The van der Waals surface area contributed by atoms with Crippen molar-refractivity contribution in [2.45, 2.75) is 31.8 Å². The molecule has 1 aromatic rings. The van der Waals surface area contributed by atoms with Crippen molar-refractivity contribution in [3.8, 4) is 0 Å². The Morgan fingerprint density at radius 3 is 2.76 bits per heavy atom. The molecular formula is C13H18BrNOS. The first-order chi connectivity index (χ1) is 8.15. The summed E-state index contributed by atoms with van der Waals surface area (Å²) >= 11 is 3.50. The van der Waals surface area contributed by atoms with Gasteiger partial charge in [-0.05, 0) is 37.5 Å². The molecule has 94 valence electrons. The van der Waals surface area contributed by atoms with E-state index in [1.54, 1.807) is 0 Å². The first-order valence-corrected chi connectivity index (χ1v) is 8.30. The van der Waals surface area contributed by atoms with E-state index in [0.29, 0.717) is 12.1 Å². The van der Waals surface area contributed by atoms with Crippen LogP contribution in [-0.4, -0.2) is 21.8 Å². The number of hydrogen-bond donors (Lipinski definition) is 1. The summed E-state index contributed by atoms with van der Waals surface area (Å²) in [5.41, 5.74) is 1.30. The summed E-state index contributed by atoms with van der Waals surface area (Å²) < 4.78 is 12.4. The fourth-order valence-corrected chi connectivity index (χ4v) is 3.90. The highest BCUT2D eigenvalue weighted by atomic mass is 79.9. The van der Waals surface area contributed by atoms with Gasteiger partial charge in [-0.25, -0.2) is 0 Å². The van der Waals surface area contributed by atoms with E-state index in [1.165, 1.54) is 5.56 Å². The standard InChI is InChI=1S/C13H18BrNOS/c1-10(11-3-2-4-12(14)9-11)15-13-5-7-17(16)8-6-13/h2-4,9-10,13,15H,5-8H2,1H3. The smallest absolute Gasteiger partial charge is 0.0294 e. The van der Waals surface area contributed by atoms with E-state index < -0.39 is 10.8 Å². The maximum atomic E-state index is 11.3. The van der Waals surface area contributed by atoms with Gasteiger partial charge in [0.1, 0.15) is 0 Å². The van der Waals surface area contributed by atoms with Gasteiger partial charge in [0.15, 0.2) is 0 Å². The lowest BCUT2D eigenvalue weighted by molar-refractivity contribution is 0.427. The number of halogens is 1. The molecule has 0 aromatic heterocycles. The van der Waals surface area contributed by atoms with Gasteiger partial charge in [-0.2, -0.15) is 0 Å². The fraction of sp³-hybridized carbons (Fsp3) is 0.538. The first kappa shape index (κ1) is 13.2. The van der Waals surface area contributed by atoms with Crippen molar-refractivity contribution in [2.24, 2.45) is 0 Å². The van der Waals surface area contributed by atoms with Gasteiger partial charge in [0.2, 0.25) is 0 Å². The maximum absolute atomic E-state index is 11.3. The molecule has 0 aliphatic carbocycles. The molecule has 1 atom stereocenters. The number of rotatable bonds is 3. The fourth-order valence-electron chi connectivity index (χ4n) is 2.19. The average molecular weight is 316 g/mol. The largest absolute Gasteiger partial charge is 0.307 e. The summed E-state index contributed by atoms with van der Waals surface area (Å²) in [6.45, 7) is 2.19. The Hall–Kier alpha value is -0.190. The number of hydrogen-bond acceptors (Lipinski definition) is 2. The van der Waals surface area contributed by atoms with Gasteiger partial charge in [-0.15, -0.1) is 0 Å². The predicted molar refractivity (Wildman–Crippen MR) is 76.6 cm³/mol. The minimum atomic E-state index is -0.571. The van der Waals surface area contributed by atoms with Crippen molar-refractivity contribution in [1.29, 1.82) is 0 Å². The molecule has 2 nitrogen and oxygen atoms in total. The van der Waals surface area contributed by atoms with Gasteiger partial charge in [-0.1, -0.05) is 28.1 Å². The molecular weight excluding hydrogens is 298 g/mol. The predicted octanol–water partition coefficient (Wildman–Crippen LogP) is 3.01. The molecule has 1 unspecified atom stereocenters. The van der Waals surface area contributed by atoms with Crippen LogP contribution in [-0.2, 0) is 10.8 Å². The van der Waals surface area contributed by atoms with Crippen molar-refractivity contribution in [2.75, 3.05) is 11.5 Å². The van der Waals surface area contributed by atoms with Gasteiger partial charge < -0.3 is 5.32 Å². The Morgan fingerprint density at radius 1 is 1.41 bits per heavy atom. The second kappa shape index (κ2) is 6.12. The van der Waals surface area contributed by atoms with Crippen LogP contribution in [0, 0.1) is 0 Å². The molecule has 17 heavy (non-hydrogen) atoms. The van der Waals surface area contributed by atoms with E-state index in [9.17, 15) is 4.21 Å². The molecule has 1 N–H and O–H groups in total. The second-order valence-electron chi connectivity index (χ2n) is 4.57. The maximum Gasteiger partial charge on any atom is 0.0294 e. The Morgan fingerprint density at radius 2 is 2.12 bits per heavy atom. The van der Waals surface area contributed by atoms with Gasteiger partial charge in [-0.3, -0.25) is 4.21 Å². The molecule has 1 heterocycles. The molecule has 4 heteroatoms. The third kappa shape index (κ3) is 3.90. The molecule has 1 aliphatic heterocycles. The van der Waals surface area contributed by atoms with E-state index in [2.05, 4.69) is 46.4 Å². The molecule has 0 amide bonds. The molecule has 1 fully saturated rings. The van der Waals surface area contributed by atoms with Crippen LogP contribution in [0.1, 0.15) is 31.4 Å². The lowest BCUT2D eigenvalue weighted by Gasteiger charge is -2.26. The second-order valence-corrected chi connectivity index (χ2v) is 7.18. The van der Waals surface area contributed by atoms with Crippen LogP contribution in [0.5, 0.6) is 0 Å².